The zero-order valence-corrected chi connectivity index (χ0v) is 11.8. The van der Waals surface area contributed by atoms with Crippen molar-refractivity contribution in [2.24, 2.45) is 5.92 Å². The first kappa shape index (κ1) is 14.7. The van der Waals surface area contributed by atoms with Crippen LogP contribution in [0.25, 0.3) is 0 Å². The molecule has 3 heteroatoms. The Morgan fingerprint density at radius 2 is 2.24 bits per heavy atom. The van der Waals surface area contributed by atoms with Crippen molar-refractivity contribution in [3.05, 3.63) is 11.6 Å². The van der Waals surface area contributed by atoms with Gasteiger partial charge in [-0.15, -0.1) is 0 Å². The highest BCUT2D eigenvalue weighted by Crippen LogP contribution is 2.17. The highest BCUT2D eigenvalue weighted by atomic mass is 16.5. The van der Waals surface area contributed by atoms with E-state index in [1.807, 2.05) is 0 Å². The summed E-state index contributed by atoms with van der Waals surface area (Å²) < 4.78 is 5.19. The normalized spacial score (nSPS) is 19.5. The molecule has 0 aromatic heterocycles. The van der Waals surface area contributed by atoms with Crippen molar-refractivity contribution in [3.8, 4) is 0 Å². The lowest BCUT2D eigenvalue weighted by molar-refractivity contribution is 0.155. The standard InChI is InChI=1S/C14H28N2O/c1-5-15-10-14(12(2)3)16-8-6-13(7-9-16)11-17-4/h6,12,14-15H,5,7-11H2,1-4H3. The van der Waals surface area contributed by atoms with Gasteiger partial charge in [-0.2, -0.15) is 0 Å². The van der Waals surface area contributed by atoms with Crippen molar-refractivity contribution in [2.45, 2.75) is 33.2 Å². The largest absolute Gasteiger partial charge is 0.380 e. The summed E-state index contributed by atoms with van der Waals surface area (Å²) in [6.45, 7) is 12.0. The molecule has 0 fully saturated rings. The van der Waals surface area contributed by atoms with E-state index in [4.69, 9.17) is 4.74 Å². The molecule has 0 saturated heterocycles. The average molecular weight is 240 g/mol. The molecular weight excluding hydrogens is 212 g/mol. The highest BCUT2D eigenvalue weighted by Gasteiger charge is 2.22. The Hall–Kier alpha value is -0.380. The summed E-state index contributed by atoms with van der Waals surface area (Å²) in [7, 11) is 1.77. The number of rotatable bonds is 7. The van der Waals surface area contributed by atoms with Gasteiger partial charge >= 0.3 is 0 Å². The first-order chi connectivity index (χ1) is 8.19. The van der Waals surface area contributed by atoms with Gasteiger partial charge in [0.05, 0.1) is 6.61 Å². The Morgan fingerprint density at radius 3 is 2.71 bits per heavy atom. The molecule has 100 valence electrons. The van der Waals surface area contributed by atoms with E-state index in [1.54, 1.807) is 7.11 Å². The summed E-state index contributed by atoms with van der Waals surface area (Å²) in [5.41, 5.74) is 1.45. The molecule has 0 aliphatic carbocycles. The van der Waals surface area contributed by atoms with Gasteiger partial charge in [-0.3, -0.25) is 4.90 Å². The molecule has 3 nitrogen and oxygen atoms in total. The number of hydrogen-bond acceptors (Lipinski definition) is 3. The Morgan fingerprint density at radius 1 is 1.47 bits per heavy atom. The second kappa shape index (κ2) is 7.85. The van der Waals surface area contributed by atoms with Crippen molar-refractivity contribution in [3.63, 3.8) is 0 Å². The van der Waals surface area contributed by atoms with Crippen molar-refractivity contribution >= 4 is 0 Å². The predicted octanol–water partition coefficient (Wildman–Crippen LogP) is 1.90. The molecule has 1 atom stereocenters. The monoisotopic (exact) mass is 240 g/mol. The van der Waals surface area contributed by atoms with Gasteiger partial charge in [-0.25, -0.2) is 0 Å². The highest BCUT2D eigenvalue weighted by molar-refractivity contribution is 5.08. The summed E-state index contributed by atoms with van der Waals surface area (Å²) in [6, 6.07) is 0.648. The van der Waals surface area contributed by atoms with Crippen molar-refractivity contribution < 1.29 is 4.74 Å². The van der Waals surface area contributed by atoms with Gasteiger partial charge in [-0.05, 0) is 24.5 Å². The van der Waals surface area contributed by atoms with Gasteiger partial charge < -0.3 is 10.1 Å². The van der Waals surface area contributed by atoms with Gasteiger partial charge in [0.15, 0.2) is 0 Å². The lowest BCUT2D eigenvalue weighted by atomic mass is 9.99. The number of hydrogen-bond donors (Lipinski definition) is 1. The molecule has 0 aromatic carbocycles. The van der Waals surface area contributed by atoms with Crippen LogP contribution in [0.15, 0.2) is 11.6 Å². The van der Waals surface area contributed by atoms with Gasteiger partial charge in [0.25, 0.3) is 0 Å². The lowest BCUT2D eigenvalue weighted by Gasteiger charge is -2.36. The maximum absolute atomic E-state index is 5.19. The molecule has 0 bridgehead atoms. The minimum absolute atomic E-state index is 0.648. The summed E-state index contributed by atoms with van der Waals surface area (Å²) in [4.78, 5) is 2.59. The number of methoxy groups -OCH3 is 1. The van der Waals surface area contributed by atoms with Crippen LogP contribution in [0, 0.1) is 5.92 Å². The molecular formula is C14H28N2O. The Bertz CT molecular complexity index is 238. The third kappa shape index (κ3) is 4.78. The molecule has 0 radical (unpaired) electrons. The van der Waals surface area contributed by atoms with E-state index in [0.717, 1.165) is 32.7 Å². The molecule has 1 rings (SSSR count). The SMILES string of the molecule is CCNCC(C(C)C)N1CC=C(COC)CC1. The molecule has 1 aliphatic heterocycles. The van der Waals surface area contributed by atoms with Gasteiger partial charge in [0.2, 0.25) is 0 Å². The third-order valence-corrected chi connectivity index (χ3v) is 3.51. The maximum atomic E-state index is 5.19. The molecule has 0 spiro atoms. The topological polar surface area (TPSA) is 24.5 Å². The van der Waals surface area contributed by atoms with E-state index in [9.17, 15) is 0 Å². The molecule has 0 amide bonds. The number of nitrogens with zero attached hydrogens (tertiary/aromatic N) is 1. The van der Waals surface area contributed by atoms with Crippen LogP contribution in [0.3, 0.4) is 0 Å². The van der Waals surface area contributed by atoms with E-state index in [-0.39, 0.29) is 0 Å². The molecule has 1 N–H and O–H groups in total. The maximum Gasteiger partial charge on any atom is 0.0673 e. The van der Waals surface area contributed by atoms with Crippen LogP contribution in [-0.4, -0.2) is 50.8 Å². The smallest absolute Gasteiger partial charge is 0.0673 e. The first-order valence-electron chi connectivity index (χ1n) is 6.80. The van der Waals surface area contributed by atoms with Crippen molar-refractivity contribution in [1.29, 1.82) is 0 Å². The quantitative estimate of drug-likeness (QED) is 0.688. The van der Waals surface area contributed by atoms with Gasteiger partial charge in [0, 0.05) is 32.8 Å². The molecule has 1 aliphatic rings. The molecule has 1 unspecified atom stereocenters. The van der Waals surface area contributed by atoms with Crippen LogP contribution in [0.2, 0.25) is 0 Å². The fourth-order valence-corrected chi connectivity index (χ4v) is 2.42. The third-order valence-electron chi connectivity index (χ3n) is 3.51. The van der Waals surface area contributed by atoms with E-state index in [0.29, 0.717) is 12.0 Å². The summed E-state index contributed by atoms with van der Waals surface area (Å²) >= 11 is 0. The van der Waals surface area contributed by atoms with Crippen LogP contribution in [0.1, 0.15) is 27.2 Å². The van der Waals surface area contributed by atoms with Crippen LogP contribution in [0.4, 0.5) is 0 Å². The Labute approximate surface area is 106 Å². The predicted molar refractivity (Wildman–Crippen MR) is 73.3 cm³/mol. The zero-order valence-electron chi connectivity index (χ0n) is 11.8. The fourth-order valence-electron chi connectivity index (χ4n) is 2.42. The minimum atomic E-state index is 0.648. The van der Waals surface area contributed by atoms with E-state index >= 15 is 0 Å². The summed E-state index contributed by atoms with van der Waals surface area (Å²) in [5, 5.41) is 3.48. The van der Waals surface area contributed by atoms with E-state index < -0.39 is 0 Å². The zero-order chi connectivity index (χ0) is 12.7. The first-order valence-corrected chi connectivity index (χ1v) is 6.80. The van der Waals surface area contributed by atoms with Crippen molar-refractivity contribution in [1.82, 2.24) is 10.2 Å². The summed E-state index contributed by atoms with van der Waals surface area (Å²) in [6.07, 6.45) is 3.50. The van der Waals surface area contributed by atoms with Crippen LogP contribution in [0.5, 0.6) is 0 Å². The number of nitrogens with one attached hydrogen (secondary N) is 1. The molecule has 0 saturated carbocycles. The van der Waals surface area contributed by atoms with E-state index in [2.05, 4.69) is 37.1 Å². The van der Waals surface area contributed by atoms with Crippen LogP contribution >= 0.6 is 0 Å². The van der Waals surface area contributed by atoms with Gasteiger partial charge in [0.1, 0.15) is 0 Å². The molecule has 1 heterocycles. The van der Waals surface area contributed by atoms with Crippen LogP contribution < -0.4 is 5.32 Å². The van der Waals surface area contributed by atoms with Gasteiger partial charge in [-0.1, -0.05) is 26.8 Å². The van der Waals surface area contributed by atoms with Crippen LogP contribution in [-0.2, 0) is 4.74 Å². The Balaban J connectivity index is 2.48. The molecule has 0 aromatic rings. The Kier molecular flexibility index (Phi) is 6.78. The van der Waals surface area contributed by atoms with Crippen molar-refractivity contribution in [2.75, 3.05) is 39.9 Å². The lowest BCUT2D eigenvalue weighted by Crippen LogP contribution is -2.47. The fraction of sp³-hybridized carbons (Fsp3) is 0.857. The second-order valence-electron chi connectivity index (χ2n) is 5.16. The summed E-state index contributed by atoms with van der Waals surface area (Å²) in [5.74, 6) is 0.700. The van der Waals surface area contributed by atoms with E-state index in [1.165, 1.54) is 12.1 Å². The minimum Gasteiger partial charge on any atom is -0.380 e. The number of ether oxygens (including phenoxy) is 1. The second-order valence-corrected chi connectivity index (χ2v) is 5.16. The molecule has 17 heavy (non-hydrogen) atoms. The number of likely N-dealkylation sites (N-methyl/N-ethyl adjacent to an activating group) is 1. The average Bonchev–Trinajstić information content (AvgIpc) is 2.31.